The van der Waals surface area contributed by atoms with Crippen LogP contribution in [0.3, 0.4) is 0 Å². The normalized spacial score (nSPS) is 22.7. The number of aliphatic imine (C=N–C) groups is 1. The van der Waals surface area contributed by atoms with Crippen LogP contribution in [-0.2, 0) is 10.3 Å². The summed E-state index contributed by atoms with van der Waals surface area (Å²) in [6.45, 7) is 7.85. The van der Waals surface area contributed by atoms with Gasteiger partial charge >= 0.3 is 6.09 Å². The molecule has 0 radical (unpaired) electrons. The molecule has 0 aromatic carbocycles. The molecule has 1 N–H and O–H groups in total. The number of carbonyl (C=O) groups excluding carboxylic acids is 1. The van der Waals surface area contributed by atoms with Crippen molar-refractivity contribution in [1.82, 2.24) is 19.4 Å². The molecular formula is C24H34N6O2. The van der Waals surface area contributed by atoms with Crippen LogP contribution in [0.4, 0.5) is 10.7 Å². The van der Waals surface area contributed by atoms with E-state index in [0.717, 1.165) is 55.5 Å². The van der Waals surface area contributed by atoms with Crippen molar-refractivity contribution in [3.8, 4) is 0 Å². The molecule has 2 fully saturated rings. The predicted molar refractivity (Wildman–Crippen MR) is 125 cm³/mol. The molecule has 2 aliphatic heterocycles. The molecule has 1 amide bonds. The summed E-state index contributed by atoms with van der Waals surface area (Å²) in [6.07, 6.45) is 11.6. The highest BCUT2D eigenvalue weighted by atomic mass is 16.6. The molecule has 5 rings (SSSR count). The first-order chi connectivity index (χ1) is 15.3. The highest BCUT2D eigenvalue weighted by Crippen LogP contribution is 2.40. The van der Waals surface area contributed by atoms with E-state index in [1.54, 1.807) is 4.90 Å². The van der Waals surface area contributed by atoms with Gasteiger partial charge in [0.25, 0.3) is 0 Å². The first kappa shape index (κ1) is 21.2. The Hall–Kier alpha value is -2.64. The number of likely N-dealkylation sites (tertiary alicyclic amines) is 1. The van der Waals surface area contributed by atoms with E-state index in [9.17, 15) is 4.79 Å². The Kier molecular flexibility index (Phi) is 5.34. The molecule has 32 heavy (non-hydrogen) atoms. The molecule has 0 unspecified atom stereocenters. The van der Waals surface area contributed by atoms with Crippen molar-refractivity contribution >= 4 is 29.3 Å². The topological polar surface area (TPSA) is 84.6 Å². The van der Waals surface area contributed by atoms with Gasteiger partial charge in [0.1, 0.15) is 11.2 Å². The summed E-state index contributed by atoms with van der Waals surface area (Å²) in [6, 6.07) is 2.26. The molecule has 4 heterocycles. The Morgan fingerprint density at radius 2 is 2.03 bits per heavy atom. The summed E-state index contributed by atoms with van der Waals surface area (Å²) >= 11 is 0. The van der Waals surface area contributed by atoms with E-state index < -0.39 is 5.60 Å². The summed E-state index contributed by atoms with van der Waals surface area (Å²) in [5.74, 6) is 0.628. The average Bonchev–Trinajstić information content (AvgIpc) is 3.13. The Balaban J connectivity index is 1.37. The van der Waals surface area contributed by atoms with E-state index in [4.69, 9.17) is 14.7 Å². The summed E-state index contributed by atoms with van der Waals surface area (Å²) in [5.41, 5.74) is 1.69. The number of aromatic nitrogens is 3. The molecule has 0 bridgehead atoms. The SMILES string of the molecule is CC(C)(C)OC(=O)N1CCC[C@H](Nc2ncc3cc4n(c3n2)C2(CCCCC2)CN=C4)C1. The molecule has 1 spiro atoms. The average molecular weight is 439 g/mol. The van der Waals surface area contributed by atoms with Gasteiger partial charge in [-0.25, -0.2) is 9.78 Å². The van der Waals surface area contributed by atoms with E-state index in [0.29, 0.717) is 12.5 Å². The van der Waals surface area contributed by atoms with Gasteiger partial charge in [-0.2, -0.15) is 4.98 Å². The highest BCUT2D eigenvalue weighted by Gasteiger charge is 2.38. The lowest BCUT2D eigenvalue weighted by Crippen LogP contribution is -2.47. The maximum absolute atomic E-state index is 12.5. The second kappa shape index (κ2) is 8.05. The number of carbonyl (C=O) groups is 1. The van der Waals surface area contributed by atoms with Crippen molar-refractivity contribution in [2.24, 2.45) is 4.99 Å². The molecular weight excluding hydrogens is 404 g/mol. The fourth-order valence-corrected chi connectivity index (χ4v) is 5.41. The lowest BCUT2D eigenvalue weighted by atomic mass is 9.80. The minimum Gasteiger partial charge on any atom is -0.444 e. The molecule has 1 aliphatic carbocycles. The van der Waals surface area contributed by atoms with Crippen molar-refractivity contribution in [3.63, 3.8) is 0 Å². The molecule has 1 saturated carbocycles. The molecule has 172 valence electrons. The van der Waals surface area contributed by atoms with E-state index in [1.165, 1.54) is 19.3 Å². The van der Waals surface area contributed by atoms with E-state index in [1.807, 2.05) is 33.2 Å². The number of fused-ring (bicyclic) bond motifs is 4. The third-order valence-electron chi connectivity index (χ3n) is 6.84. The van der Waals surface area contributed by atoms with Crippen LogP contribution in [0.5, 0.6) is 0 Å². The summed E-state index contributed by atoms with van der Waals surface area (Å²) in [5, 5.41) is 4.55. The minimum absolute atomic E-state index is 0.0497. The Bertz CT molecular complexity index is 1030. The van der Waals surface area contributed by atoms with Crippen LogP contribution in [0.2, 0.25) is 0 Å². The lowest BCUT2D eigenvalue weighted by Gasteiger charge is -2.40. The number of nitrogens with one attached hydrogen (secondary N) is 1. The lowest BCUT2D eigenvalue weighted by molar-refractivity contribution is 0.0206. The van der Waals surface area contributed by atoms with Gasteiger partial charge in [0.05, 0.1) is 17.8 Å². The second-order valence-corrected chi connectivity index (χ2v) is 10.5. The van der Waals surface area contributed by atoms with Gasteiger partial charge in [0, 0.05) is 36.9 Å². The first-order valence-electron chi connectivity index (χ1n) is 12.0. The zero-order valence-electron chi connectivity index (χ0n) is 19.4. The number of nitrogens with zero attached hydrogens (tertiary/aromatic N) is 5. The highest BCUT2D eigenvalue weighted by molar-refractivity contribution is 5.90. The van der Waals surface area contributed by atoms with Gasteiger partial charge in [-0.15, -0.1) is 0 Å². The standard InChI is InChI=1S/C24H34N6O2/c1-23(2,3)32-22(31)29-11-7-8-18(15-29)27-21-26-13-17-12-19-14-25-16-24(9-5-4-6-10-24)30(19)20(17)28-21/h12-14,18H,4-11,15-16H2,1-3H3,(H,26,27,28)/t18-/m0/s1. The Labute approximate surface area is 189 Å². The quantitative estimate of drug-likeness (QED) is 0.754. The molecule has 1 saturated heterocycles. The fourth-order valence-electron chi connectivity index (χ4n) is 5.41. The minimum atomic E-state index is -0.488. The largest absolute Gasteiger partial charge is 0.444 e. The van der Waals surface area contributed by atoms with E-state index in [2.05, 4.69) is 20.9 Å². The zero-order chi connectivity index (χ0) is 22.3. The van der Waals surface area contributed by atoms with Crippen LogP contribution in [0, 0.1) is 0 Å². The molecule has 1 atom stereocenters. The van der Waals surface area contributed by atoms with Crippen molar-refractivity contribution < 1.29 is 9.53 Å². The van der Waals surface area contributed by atoms with E-state index >= 15 is 0 Å². The Morgan fingerprint density at radius 1 is 1.22 bits per heavy atom. The van der Waals surface area contributed by atoms with Crippen LogP contribution in [-0.4, -0.2) is 63.0 Å². The van der Waals surface area contributed by atoms with Crippen molar-refractivity contribution in [2.45, 2.75) is 82.9 Å². The van der Waals surface area contributed by atoms with Crippen molar-refractivity contribution in [1.29, 1.82) is 0 Å². The molecule has 8 heteroatoms. The predicted octanol–water partition coefficient (Wildman–Crippen LogP) is 4.33. The number of hydrogen-bond acceptors (Lipinski definition) is 6. The van der Waals surface area contributed by atoms with Gasteiger partial charge in [0.15, 0.2) is 0 Å². The molecule has 8 nitrogen and oxygen atoms in total. The van der Waals surface area contributed by atoms with Gasteiger partial charge < -0.3 is 19.5 Å². The number of rotatable bonds is 2. The van der Waals surface area contributed by atoms with Gasteiger partial charge in [-0.05, 0) is 52.5 Å². The van der Waals surface area contributed by atoms with Crippen LogP contribution in [0.15, 0.2) is 17.3 Å². The third-order valence-corrected chi connectivity index (χ3v) is 6.84. The fraction of sp³-hybridized carbons (Fsp3) is 0.667. The summed E-state index contributed by atoms with van der Waals surface area (Å²) in [7, 11) is 0. The molecule has 2 aromatic rings. The monoisotopic (exact) mass is 438 g/mol. The van der Waals surface area contributed by atoms with Crippen LogP contribution >= 0.6 is 0 Å². The number of hydrogen-bond donors (Lipinski definition) is 1. The van der Waals surface area contributed by atoms with Crippen molar-refractivity contribution in [3.05, 3.63) is 18.0 Å². The second-order valence-electron chi connectivity index (χ2n) is 10.5. The molecule has 2 aromatic heterocycles. The maximum atomic E-state index is 12.5. The van der Waals surface area contributed by atoms with Crippen LogP contribution in [0.25, 0.3) is 11.0 Å². The van der Waals surface area contributed by atoms with Gasteiger partial charge in [-0.3, -0.25) is 4.99 Å². The summed E-state index contributed by atoms with van der Waals surface area (Å²) in [4.78, 5) is 28.6. The third kappa shape index (κ3) is 4.07. The zero-order valence-corrected chi connectivity index (χ0v) is 19.4. The Morgan fingerprint density at radius 3 is 2.81 bits per heavy atom. The van der Waals surface area contributed by atoms with Gasteiger partial charge in [-0.1, -0.05) is 19.3 Å². The smallest absolute Gasteiger partial charge is 0.410 e. The number of ether oxygens (including phenoxy) is 1. The number of amides is 1. The number of anilines is 1. The van der Waals surface area contributed by atoms with Gasteiger partial charge in [0.2, 0.25) is 5.95 Å². The van der Waals surface area contributed by atoms with Crippen molar-refractivity contribution in [2.75, 3.05) is 25.0 Å². The molecule has 3 aliphatic rings. The number of piperidine rings is 1. The van der Waals surface area contributed by atoms with E-state index in [-0.39, 0.29) is 17.7 Å². The van der Waals surface area contributed by atoms with Crippen LogP contribution < -0.4 is 5.32 Å². The van der Waals surface area contributed by atoms with Crippen LogP contribution in [0.1, 0.15) is 71.4 Å². The first-order valence-corrected chi connectivity index (χ1v) is 12.0. The maximum Gasteiger partial charge on any atom is 0.410 e. The summed E-state index contributed by atoms with van der Waals surface area (Å²) < 4.78 is 7.99.